The van der Waals surface area contributed by atoms with Crippen molar-refractivity contribution in [3.8, 4) is 17.2 Å². The van der Waals surface area contributed by atoms with Gasteiger partial charge in [0.25, 0.3) is 0 Å². The highest BCUT2D eigenvalue weighted by Gasteiger charge is 2.19. The van der Waals surface area contributed by atoms with Crippen molar-refractivity contribution in [2.45, 2.75) is 56.9 Å². The molecule has 194 valence electrons. The first-order valence-corrected chi connectivity index (χ1v) is 13.6. The molecule has 0 spiro atoms. The molecule has 0 amide bonds. The van der Waals surface area contributed by atoms with Crippen LogP contribution in [-0.2, 0) is 9.84 Å². The maximum Gasteiger partial charge on any atom is 0.206 e. The van der Waals surface area contributed by atoms with Gasteiger partial charge in [-0.15, -0.1) is 0 Å². The molecule has 3 aromatic carbocycles. The second kappa shape index (κ2) is 10.8. The Kier molecular flexibility index (Phi) is 8.19. The van der Waals surface area contributed by atoms with Gasteiger partial charge in [-0.2, -0.15) is 0 Å². The normalized spacial score (nSPS) is 12.4. The summed E-state index contributed by atoms with van der Waals surface area (Å²) in [7, 11) is -3.66. The Morgan fingerprint density at radius 1 is 0.676 bits per heavy atom. The standard InChI is InChI=1S/C32H36O4S/c1-23(9-10-24(2)31(3,4)5)25-11-13-26(14-12-25)35-27-15-19-29(20-16-27)37(33,34)30-21-17-28(18-22-30)36-32(6,7)8/h9-22H,1-2H2,3-8H3/b10-9-. The van der Waals surface area contributed by atoms with E-state index in [2.05, 4.69) is 33.9 Å². The lowest BCUT2D eigenvalue weighted by molar-refractivity contribution is 0.131. The third-order valence-electron chi connectivity index (χ3n) is 5.60. The molecule has 0 heterocycles. The van der Waals surface area contributed by atoms with Crippen LogP contribution >= 0.6 is 0 Å². The lowest BCUT2D eigenvalue weighted by Crippen LogP contribution is -2.22. The Balaban J connectivity index is 1.67. The Hall–Kier alpha value is -3.57. The first-order chi connectivity index (χ1) is 17.1. The van der Waals surface area contributed by atoms with Gasteiger partial charge in [0.2, 0.25) is 9.84 Å². The van der Waals surface area contributed by atoms with Crippen molar-refractivity contribution in [1.29, 1.82) is 0 Å². The average Bonchev–Trinajstić information content (AvgIpc) is 2.82. The maximum atomic E-state index is 13.1. The molecule has 5 heteroatoms. The third kappa shape index (κ3) is 7.70. The molecule has 0 atom stereocenters. The van der Waals surface area contributed by atoms with Crippen LogP contribution in [0.4, 0.5) is 0 Å². The van der Waals surface area contributed by atoms with Crippen LogP contribution in [0.3, 0.4) is 0 Å². The molecule has 0 aliphatic heterocycles. The van der Waals surface area contributed by atoms with E-state index in [4.69, 9.17) is 9.47 Å². The van der Waals surface area contributed by atoms with Crippen molar-refractivity contribution in [3.63, 3.8) is 0 Å². The quantitative estimate of drug-likeness (QED) is 0.281. The van der Waals surface area contributed by atoms with Gasteiger partial charge in [-0.05, 0) is 104 Å². The Bertz CT molecular complexity index is 1380. The summed E-state index contributed by atoms with van der Waals surface area (Å²) in [5.41, 5.74) is 2.54. The highest BCUT2D eigenvalue weighted by atomic mass is 32.2. The molecule has 0 saturated carbocycles. The summed E-state index contributed by atoms with van der Waals surface area (Å²) in [6.45, 7) is 20.4. The summed E-state index contributed by atoms with van der Waals surface area (Å²) in [5, 5.41) is 0. The number of benzene rings is 3. The van der Waals surface area contributed by atoms with E-state index in [0.29, 0.717) is 17.2 Å². The summed E-state index contributed by atoms with van der Waals surface area (Å²) >= 11 is 0. The first kappa shape index (κ1) is 28.0. The first-order valence-electron chi connectivity index (χ1n) is 12.1. The molecule has 0 saturated heterocycles. The summed E-state index contributed by atoms with van der Waals surface area (Å²) < 4.78 is 37.8. The minimum Gasteiger partial charge on any atom is -0.488 e. The fourth-order valence-electron chi connectivity index (χ4n) is 3.28. The largest absolute Gasteiger partial charge is 0.488 e. The molecule has 0 fully saturated rings. The van der Waals surface area contributed by atoms with E-state index in [1.165, 1.54) is 0 Å². The fourth-order valence-corrected chi connectivity index (χ4v) is 4.54. The van der Waals surface area contributed by atoms with Crippen LogP contribution in [0.5, 0.6) is 17.2 Å². The molecule has 0 unspecified atom stereocenters. The van der Waals surface area contributed by atoms with Crippen LogP contribution in [0, 0.1) is 5.41 Å². The van der Waals surface area contributed by atoms with Crippen LogP contribution in [0.25, 0.3) is 5.57 Å². The predicted molar refractivity (Wildman–Crippen MR) is 152 cm³/mol. The second-order valence-corrected chi connectivity index (χ2v) is 12.9. The van der Waals surface area contributed by atoms with E-state index < -0.39 is 9.84 Å². The zero-order valence-corrected chi connectivity index (χ0v) is 23.4. The molecule has 37 heavy (non-hydrogen) atoms. The lowest BCUT2D eigenvalue weighted by atomic mass is 9.87. The van der Waals surface area contributed by atoms with Crippen LogP contribution in [0.1, 0.15) is 47.1 Å². The molecular formula is C32H36O4S. The Morgan fingerprint density at radius 3 is 1.54 bits per heavy atom. The van der Waals surface area contributed by atoms with Gasteiger partial charge in [0.15, 0.2) is 0 Å². The summed E-state index contributed by atoms with van der Waals surface area (Å²) in [6, 6.07) is 20.5. The van der Waals surface area contributed by atoms with Gasteiger partial charge in [-0.25, -0.2) is 8.42 Å². The van der Waals surface area contributed by atoms with Crippen molar-refractivity contribution < 1.29 is 17.9 Å². The van der Waals surface area contributed by atoms with Gasteiger partial charge in [-0.3, -0.25) is 0 Å². The van der Waals surface area contributed by atoms with E-state index in [-0.39, 0.29) is 20.8 Å². The molecule has 3 rings (SSSR count). The van der Waals surface area contributed by atoms with Gasteiger partial charge >= 0.3 is 0 Å². The van der Waals surface area contributed by atoms with E-state index in [9.17, 15) is 8.42 Å². The fraction of sp³-hybridized carbons (Fsp3) is 0.250. The van der Waals surface area contributed by atoms with E-state index in [1.54, 1.807) is 48.5 Å². The molecule has 0 N–H and O–H groups in total. The molecule has 0 bridgehead atoms. The third-order valence-corrected chi connectivity index (χ3v) is 7.39. The van der Waals surface area contributed by atoms with Gasteiger partial charge in [0, 0.05) is 0 Å². The summed E-state index contributed by atoms with van der Waals surface area (Å²) in [5.74, 6) is 1.81. The zero-order valence-electron chi connectivity index (χ0n) is 22.5. The lowest BCUT2D eigenvalue weighted by Gasteiger charge is -2.21. The van der Waals surface area contributed by atoms with E-state index in [0.717, 1.165) is 16.7 Å². The summed E-state index contributed by atoms with van der Waals surface area (Å²) in [4.78, 5) is 0.401. The molecule has 0 radical (unpaired) electrons. The topological polar surface area (TPSA) is 52.6 Å². The van der Waals surface area contributed by atoms with E-state index >= 15 is 0 Å². The minimum atomic E-state index is -3.66. The number of ether oxygens (including phenoxy) is 2. The van der Waals surface area contributed by atoms with Crippen LogP contribution in [-0.4, -0.2) is 14.0 Å². The van der Waals surface area contributed by atoms with Gasteiger partial charge in [0.05, 0.1) is 9.79 Å². The van der Waals surface area contributed by atoms with Crippen LogP contribution in [0.15, 0.2) is 113 Å². The molecule has 0 aliphatic carbocycles. The number of rotatable bonds is 8. The van der Waals surface area contributed by atoms with Gasteiger partial charge in [-0.1, -0.05) is 58.2 Å². The van der Waals surface area contributed by atoms with Crippen LogP contribution < -0.4 is 9.47 Å². The number of hydrogen-bond acceptors (Lipinski definition) is 4. The van der Waals surface area contributed by atoms with Gasteiger partial charge in [0.1, 0.15) is 22.8 Å². The number of allylic oxidation sites excluding steroid dienone is 4. The maximum absolute atomic E-state index is 13.1. The highest BCUT2D eigenvalue weighted by molar-refractivity contribution is 7.91. The highest BCUT2D eigenvalue weighted by Crippen LogP contribution is 2.29. The minimum absolute atomic E-state index is 0.00896. The summed E-state index contributed by atoms with van der Waals surface area (Å²) in [6.07, 6.45) is 3.96. The Morgan fingerprint density at radius 2 is 1.11 bits per heavy atom. The predicted octanol–water partition coefficient (Wildman–Crippen LogP) is 8.66. The average molecular weight is 517 g/mol. The van der Waals surface area contributed by atoms with Crippen LogP contribution in [0.2, 0.25) is 0 Å². The molecule has 4 nitrogen and oxygen atoms in total. The number of hydrogen-bond donors (Lipinski definition) is 0. The van der Waals surface area contributed by atoms with Crippen molar-refractivity contribution in [1.82, 2.24) is 0 Å². The van der Waals surface area contributed by atoms with Crippen molar-refractivity contribution in [3.05, 3.63) is 109 Å². The van der Waals surface area contributed by atoms with Crippen molar-refractivity contribution in [2.24, 2.45) is 5.41 Å². The number of sulfone groups is 1. The molecular weight excluding hydrogens is 480 g/mol. The van der Waals surface area contributed by atoms with E-state index in [1.807, 2.05) is 57.2 Å². The second-order valence-electron chi connectivity index (χ2n) is 10.9. The van der Waals surface area contributed by atoms with Crippen molar-refractivity contribution in [2.75, 3.05) is 0 Å². The Labute approximate surface area is 221 Å². The molecule has 0 aromatic heterocycles. The smallest absolute Gasteiger partial charge is 0.206 e. The van der Waals surface area contributed by atoms with Crippen molar-refractivity contribution >= 4 is 15.4 Å². The molecule has 3 aromatic rings. The zero-order chi connectivity index (χ0) is 27.4. The molecule has 0 aliphatic rings. The SMILES string of the molecule is C=C(/C=C\C(=C)C(C)(C)C)c1ccc(Oc2ccc(S(=O)(=O)c3ccc(OC(C)(C)C)cc3)cc2)cc1. The van der Waals surface area contributed by atoms with Gasteiger partial charge < -0.3 is 9.47 Å². The monoisotopic (exact) mass is 516 g/mol.